The summed E-state index contributed by atoms with van der Waals surface area (Å²) in [5.74, 6) is 0.0958. The van der Waals surface area contributed by atoms with E-state index in [-0.39, 0.29) is 23.3 Å². The van der Waals surface area contributed by atoms with Crippen molar-refractivity contribution in [3.05, 3.63) is 29.3 Å². The number of rotatable bonds is 4. The van der Waals surface area contributed by atoms with E-state index >= 15 is 0 Å². The standard InChI is InChI=1S/C22H32N2O3S/c1-4-19-13-22(9-5-10-22)15-24(19)28(26,27)20-7-6-17-8-11-23(14-18(17)12-20)21(25)16(2)3/h6-7,12,16,19H,4-5,8-11,13-15H2,1-3H3. The van der Waals surface area contributed by atoms with Crippen LogP contribution in [-0.4, -0.2) is 42.7 Å². The van der Waals surface area contributed by atoms with Crippen LogP contribution in [0.15, 0.2) is 23.1 Å². The Hall–Kier alpha value is -1.40. The fourth-order valence-corrected chi connectivity index (χ4v) is 7.04. The van der Waals surface area contributed by atoms with Crippen LogP contribution < -0.4 is 0 Å². The van der Waals surface area contributed by atoms with Gasteiger partial charge in [0.05, 0.1) is 4.90 Å². The van der Waals surface area contributed by atoms with Crippen molar-refractivity contribution in [2.45, 2.75) is 76.8 Å². The summed E-state index contributed by atoms with van der Waals surface area (Å²) in [7, 11) is -3.50. The molecule has 1 spiro atoms. The maximum atomic E-state index is 13.5. The number of benzene rings is 1. The zero-order chi connectivity index (χ0) is 20.1. The van der Waals surface area contributed by atoms with E-state index in [1.54, 1.807) is 10.4 Å². The van der Waals surface area contributed by atoms with E-state index in [1.807, 2.05) is 30.9 Å². The molecule has 2 heterocycles. The number of hydrogen-bond donors (Lipinski definition) is 0. The summed E-state index contributed by atoms with van der Waals surface area (Å²) in [5, 5.41) is 0. The SMILES string of the molecule is CCC1CC2(CCC2)CN1S(=O)(=O)c1ccc2c(c1)CN(C(=O)C(C)C)CC2. The van der Waals surface area contributed by atoms with Gasteiger partial charge >= 0.3 is 0 Å². The first kappa shape index (κ1) is 19.9. The molecule has 5 nitrogen and oxygen atoms in total. The number of sulfonamides is 1. The van der Waals surface area contributed by atoms with Crippen LogP contribution in [0, 0.1) is 11.3 Å². The monoisotopic (exact) mass is 404 g/mol. The quantitative estimate of drug-likeness (QED) is 0.771. The van der Waals surface area contributed by atoms with Crippen LogP contribution in [0.3, 0.4) is 0 Å². The van der Waals surface area contributed by atoms with Crippen molar-refractivity contribution < 1.29 is 13.2 Å². The van der Waals surface area contributed by atoms with Crippen LogP contribution in [0.2, 0.25) is 0 Å². The Morgan fingerprint density at radius 3 is 2.61 bits per heavy atom. The molecule has 1 amide bonds. The highest BCUT2D eigenvalue weighted by atomic mass is 32.2. The number of carbonyl (C=O) groups is 1. The third-order valence-electron chi connectivity index (χ3n) is 7.05. The molecule has 1 aromatic rings. The van der Waals surface area contributed by atoms with Crippen LogP contribution in [-0.2, 0) is 27.8 Å². The van der Waals surface area contributed by atoms with E-state index in [0.29, 0.717) is 24.5 Å². The highest BCUT2D eigenvalue weighted by Gasteiger charge is 2.50. The summed E-state index contributed by atoms with van der Waals surface area (Å²) in [6, 6.07) is 5.66. The molecule has 154 valence electrons. The van der Waals surface area contributed by atoms with Gasteiger partial charge in [0.2, 0.25) is 15.9 Å². The van der Waals surface area contributed by atoms with E-state index < -0.39 is 10.0 Å². The Morgan fingerprint density at radius 1 is 1.25 bits per heavy atom. The molecular weight excluding hydrogens is 372 g/mol. The van der Waals surface area contributed by atoms with E-state index in [9.17, 15) is 13.2 Å². The molecule has 0 bridgehead atoms. The van der Waals surface area contributed by atoms with Gasteiger partial charge in [-0.15, -0.1) is 0 Å². The molecule has 1 aromatic carbocycles. The van der Waals surface area contributed by atoms with Gasteiger partial charge in [-0.2, -0.15) is 4.31 Å². The zero-order valence-corrected chi connectivity index (χ0v) is 18.1. The summed E-state index contributed by atoms with van der Waals surface area (Å²) in [4.78, 5) is 14.6. The predicted octanol–water partition coefficient (Wildman–Crippen LogP) is 3.57. The molecule has 1 atom stereocenters. The summed E-state index contributed by atoms with van der Waals surface area (Å²) in [5.41, 5.74) is 2.37. The largest absolute Gasteiger partial charge is 0.338 e. The van der Waals surface area contributed by atoms with Crippen molar-refractivity contribution in [3.63, 3.8) is 0 Å². The Morgan fingerprint density at radius 2 is 2.00 bits per heavy atom. The van der Waals surface area contributed by atoms with Crippen molar-refractivity contribution in [2.75, 3.05) is 13.1 Å². The Labute approximate surface area is 169 Å². The molecule has 0 N–H and O–H groups in total. The van der Waals surface area contributed by atoms with Gasteiger partial charge in [0, 0.05) is 31.6 Å². The van der Waals surface area contributed by atoms with Crippen LogP contribution in [0.25, 0.3) is 0 Å². The molecular formula is C22H32N2O3S. The first-order valence-electron chi connectivity index (χ1n) is 10.7. The predicted molar refractivity (Wildman–Crippen MR) is 109 cm³/mol. The highest BCUT2D eigenvalue weighted by Crippen LogP contribution is 2.52. The average Bonchev–Trinajstić information content (AvgIpc) is 3.08. The first-order chi connectivity index (χ1) is 13.3. The van der Waals surface area contributed by atoms with Gasteiger partial charge < -0.3 is 4.90 Å². The second-order valence-corrected chi connectivity index (χ2v) is 11.2. The summed E-state index contributed by atoms with van der Waals surface area (Å²) >= 11 is 0. The van der Waals surface area contributed by atoms with E-state index in [0.717, 1.165) is 43.2 Å². The van der Waals surface area contributed by atoms with Gasteiger partial charge in [-0.05, 0) is 60.8 Å². The molecule has 1 unspecified atom stereocenters. The van der Waals surface area contributed by atoms with Gasteiger partial charge in [-0.25, -0.2) is 8.42 Å². The van der Waals surface area contributed by atoms with Crippen LogP contribution >= 0.6 is 0 Å². The molecule has 4 rings (SSSR count). The normalized spacial score (nSPS) is 24.4. The van der Waals surface area contributed by atoms with E-state index in [2.05, 4.69) is 6.92 Å². The number of hydrogen-bond acceptors (Lipinski definition) is 3. The Balaban J connectivity index is 1.61. The van der Waals surface area contributed by atoms with Crippen LogP contribution in [0.4, 0.5) is 0 Å². The minimum Gasteiger partial charge on any atom is -0.338 e. The maximum Gasteiger partial charge on any atom is 0.243 e. The second kappa shape index (κ2) is 7.13. The molecule has 1 saturated heterocycles. The molecule has 2 aliphatic heterocycles. The van der Waals surface area contributed by atoms with Crippen LogP contribution in [0.1, 0.15) is 64.0 Å². The number of carbonyl (C=O) groups excluding carboxylic acids is 1. The van der Waals surface area contributed by atoms with Crippen LogP contribution in [0.5, 0.6) is 0 Å². The van der Waals surface area contributed by atoms with Crippen molar-refractivity contribution in [1.82, 2.24) is 9.21 Å². The Bertz CT molecular complexity index is 874. The highest BCUT2D eigenvalue weighted by molar-refractivity contribution is 7.89. The molecule has 3 aliphatic rings. The molecule has 6 heteroatoms. The number of fused-ring (bicyclic) bond motifs is 1. The lowest BCUT2D eigenvalue weighted by Crippen LogP contribution is -2.39. The van der Waals surface area contributed by atoms with Gasteiger partial charge in [0.1, 0.15) is 0 Å². The van der Waals surface area contributed by atoms with Gasteiger partial charge in [-0.3, -0.25) is 4.79 Å². The minimum atomic E-state index is -3.50. The average molecular weight is 405 g/mol. The first-order valence-corrected chi connectivity index (χ1v) is 12.1. The zero-order valence-electron chi connectivity index (χ0n) is 17.3. The third-order valence-corrected chi connectivity index (χ3v) is 8.95. The Kier molecular flexibility index (Phi) is 5.07. The van der Waals surface area contributed by atoms with Crippen molar-refractivity contribution in [3.8, 4) is 0 Å². The summed E-state index contributed by atoms with van der Waals surface area (Å²) in [6.07, 6.45) is 6.20. The van der Waals surface area contributed by atoms with Gasteiger partial charge in [-0.1, -0.05) is 33.3 Å². The van der Waals surface area contributed by atoms with Crippen molar-refractivity contribution >= 4 is 15.9 Å². The van der Waals surface area contributed by atoms with Crippen molar-refractivity contribution in [2.24, 2.45) is 11.3 Å². The molecule has 28 heavy (non-hydrogen) atoms. The maximum absolute atomic E-state index is 13.5. The number of nitrogens with zero attached hydrogens (tertiary/aromatic N) is 2. The summed E-state index contributed by atoms with van der Waals surface area (Å²) in [6.45, 7) is 7.80. The fraction of sp³-hybridized carbons (Fsp3) is 0.682. The fourth-order valence-electron chi connectivity index (χ4n) is 5.18. The van der Waals surface area contributed by atoms with E-state index in [4.69, 9.17) is 0 Å². The minimum absolute atomic E-state index is 0.0398. The smallest absolute Gasteiger partial charge is 0.243 e. The van der Waals surface area contributed by atoms with Gasteiger partial charge in [0.25, 0.3) is 0 Å². The molecule has 1 saturated carbocycles. The molecule has 1 aliphatic carbocycles. The topological polar surface area (TPSA) is 57.7 Å². The summed E-state index contributed by atoms with van der Waals surface area (Å²) < 4.78 is 28.7. The lowest BCUT2D eigenvalue weighted by Gasteiger charge is -2.38. The van der Waals surface area contributed by atoms with Crippen molar-refractivity contribution in [1.29, 1.82) is 0 Å². The van der Waals surface area contributed by atoms with Gasteiger partial charge in [0.15, 0.2) is 0 Å². The third kappa shape index (κ3) is 3.28. The lowest BCUT2D eigenvalue weighted by molar-refractivity contribution is -0.135. The molecule has 2 fully saturated rings. The number of amides is 1. The van der Waals surface area contributed by atoms with E-state index in [1.165, 1.54) is 6.42 Å². The molecule has 0 radical (unpaired) electrons. The second-order valence-electron chi connectivity index (χ2n) is 9.27. The lowest BCUT2D eigenvalue weighted by atomic mass is 9.67. The molecule has 0 aromatic heterocycles.